The zero-order valence-electron chi connectivity index (χ0n) is 10.9. The molecule has 0 saturated carbocycles. The van der Waals surface area contributed by atoms with Crippen molar-refractivity contribution in [2.24, 2.45) is 0 Å². The smallest absolute Gasteiger partial charge is 0.131 e. The minimum Gasteiger partial charge on any atom is -0.333 e. The van der Waals surface area contributed by atoms with Crippen LogP contribution in [0.15, 0.2) is 30.7 Å². The minimum atomic E-state index is -0.559. The molecule has 0 fully saturated rings. The molecular weight excluding hydrogens is 248 g/mol. The van der Waals surface area contributed by atoms with Gasteiger partial charge in [0.2, 0.25) is 0 Å². The van der Waals surface area contributed by atoms with Crippen LogP contribution >= 0.6 is 0 Å². The fourth-order valence-electron chi connectivity index (χ4n) is 1.82. The summed E-state index contributed by atoms with van der Waals surface area (Å²) in [6.45, 7) is 4.10. The van der Waals surface area contributed by atoms with Crippen LogP contribution in [0.5, 0.6) is 0 Å². The largest absolute Gasteiger partial charge is 0.333 e. The molecule has 102 valence electrons. The molecule has 0 aliphatic heterocycles. The van der Waals surface area contributed by atoms with Crippen molar-refractivity contribution in [3.8, 4) is 0 Å². The predicted molar refractivity (Wildman–Crippen MR) is 69.7 cm³/mol. The Morgan fingerprint density at radius 2 is 2.16 bits per heavy atom. The van der Waals surface area contributed by atoms with E-state index in [1.807, 2.05) is 6.20 Å². The number of hydrogen-bond donors (Lipinski definition) is 1. The minimum absolute atomic E-state index is 0.354. The maximum atomic E-state index is 13.5. The highest BCUT2D eigenvalue weighted by molar-refractivity contribution is 5.19. The van der Waals surface area contributed by atoms with E-state index in [-0.39, 0.29) is 0 Å². The molecule has 1 N–H and O–H groups in total. The van der Waals surface area contributed by atoms with E-state index in [4.69, 9.17) is 0 Å². The lowest BCUT2D eigenvalue weighted by Crippen LogP contribution is -2.13. The highest BCUT2D eigenvalue weighted by Gasteiger charge is 2.05. The average molecular weight is 265 g/mol. The van der Waals surface area contributed by atoms with Crippen LogP contribution in [0.1, 0.15) is 24.6 Å². The van der Waals surface area contributed by atoms with Crippen LogP contribution in [-0.2, 0) is 13.1 Å². The van der Waals surface area contributed by atoms with E-state index in [1.54, 1.807) is 10.9 Å². The molecule has 2 aromatic rings. The van der Waals surface area contributed by atoms with Crippen molar-refractivity contribution in [1.82, 2.24) is 14.9 Å². The van der Waals surface area contributed by atoms with Crippen molar-refractivity contribution in [3.05, 3.63) is 53.6 Å². The SMILES string of the molecule is CCCNCc1cn(Cc2ccc(F)cc2F)cn1. The molecule has 0 spiro atoms. The molecular formula is C14H17F2N3. The highest BCUT2D eigenvalue weighted by Crippen LogP contribution is 2.11. The third kappa shape index (κ3) is 3.86. The quantitative estimate of drug-likeness (QED) is 0.814. The lowest BCUT2D eigenvalue weighted by molar-refractivity contribution is 0.566. The lowest BCUT2D eigenvalue weighted by atomic mass is 10.2. The van der Waals surface area contributed by atoms with Crippen molar-refractivity contribution in [2.75, 3.05) is 6.54 Å². The van der Waals surface area contributed by atoms with E-state index >= 15 is 0 Å². The summed E-state index contributed by atoms with van der Waals surface area (Å²) in [6.07, 6.45) is 4.60. The first-order chi connectivity index (χ1) is 9.19. The van der Waals surface area contributed by atoms with Gasteiger partial charge in [0.15, 0.2) is 0 Å². The van der Waals surface area contributed by atoms with Crippen molar-refractivity contribution in [3.63, 3.8) is 0 Å². The second-order valence-corrected chi connectivity index (χ2v) is 4.45. The van der Waals surface area contributed by atoms with Crippen LogP contribution in [0, 0.1) is 11.6 Å². The summed E-state index contributed by atoms with van der Waals surface area (Å²) in [5.74, 6) is -1.09. The molecule has 0 unspecified atom stereocenters. The molecule has 0 amide bonds. The van der Waals surface area contributed by atoms with Gasteiger partial charge in [0.25, 0.3) is 0 Å². The maximum Gasteiger partial charge on any atom is 0.131 e. The number of imidazole rings is 1. The van der Waals surface area contributed by atoms with Gasteiger partial charge < -0.3 is 9.88 Å². The fraction of sp³-hybridized carbons (Fsp3) is 0.357. The molecule has 1 heterocycles. The Hall–Kier alpha value is -1.75. The van der Waals surface area contributed by atoms with Crippen LogP contribution < -0.4 is 5.32 Å². The van der Waals surface area contributed by atoms with E-state index in [2.05, 4.69) is 17.2 Å². The van der Waals surface area contributed by atoms with E-state index in [9.17, 15) is 8.78 Å². The van der Waals surface area contributed by atoms with Gasteiger partial charge in [-0.1, -0.05) is 13.0 Å². The summed E-state index contributed by atoms with van der Waals surface area (Å²) in [5, 5.41) is 3.25. The summed E-state index contributed by atoms with van der Waals surface area (Å²) < 4.78 is 28.1. The van der Waals surface area contributed by atoms with Gasteiger partial charge in [0.1, 0.15) is 11.6 Å². The predicted octanol–water partition coefficient (Wildman–Crippen LogP) is 2.71. The highest BCUT2D eigenvalue weighted by atomic mass is 19.1. The van der Waals surface area contributed by atoms with Gasteiger partial charge in [-0.05, 0) is 19.0 Å². The summed E-state index contributed by atoms with van der Waals surface area (Å²) in [5.41, 5.74) is 1.36. The molecule has 0 saturated heterocycles. The van der Waals surface area contributed by atoms with Crippen LogP contribution in [0.4, 0.5) is 8.78 Å². The Morgan fingerprint density at radius 1 is 1.32 bits per heavy atom. The van der Waals surface area contributed by atoms with E-state index in [1.165, 1.54) is 12.1 Å². The van der Waals surface area contributed by atoms with Crippen LogP contribution in [0.3, 0.4) is 0 Å². The summed E-state index contributed by atoms with van der Waals surface area (Å²) in [4.78, 5) is 4.24. The number of rotatable bonds is 6. The van der Waals surface area contributed by atoms with Crippen LogP contribution in [-0.4, -0.2) is 16.1 Å². The molecule has 0 atom stereocenters. The number of hydrogen-bond acceptors (Lipinski definition) is 2. The molecule has 0 bridgehead atoms. The normalized spacial score (nSPS) is 10.9. The van der Waals surface area contributed by atoms with Crippen molar-refractivity contribution >= 4 is 0 Å². The van der Waals surface area contributed by atoms with Gasteiger partial charge in [0, 0.05) is 24.4 Å². The van der Waals surface area contributed by atoms with E-state index < -0.39 is 11.6 Å². The third-order valence-electron chi connectivity index (χ3n) is 2.79. The fourth-order valence-corrected chi connectivity index (χ4v) is 1.82. The van der Waals surface area contributed by atoms with E-state index in [0.29, 0.717) is 18.7 Å². The Kier molecular flexibility index (Phi) is 4.63. The number of aromatic nitrogens is 2. The first-order valence-electron chi connectivity index (χ1n) is 6.34. The van der Waals surface area contributed by atoms with Gasteiger partial charge in [-0.3, -0.25) is 0 Å². The molecule has 1 aromatic heterocycles. The Morgan fingerprint density at radius 3 is 2.89 bits per heavy atom. The summed E-state index contributed by atoms with van der Waals surface area (Å²) >= 11 is 0. The van der Waals surface area contributed by atoms with Crippen LogP contribution in [0.25, 0.3) is 0 Å². The monoisotopic (exact) mass is 265 g/mol. The molecule has 19 heavy (non-hydrogen) atoms. The number of nitrogens with zero attached hydrogens (tertiary/aromatic N) is 2. The molecule has 3 nitrogen and oxygen atoms in total. The van der Waals surface area contributed by atoms with Gasteiger partial charge in [-0.15, -0.1) is 0 Å². The molecule has 0 radical (unpaired) electrons. The second kappa shape index (κ2) is 6.43. The molecule has 1 aromatic carbocycles. The number of benzene rings is 1. The third-order valence-corrected chi connectivity index (χ3v) is 2.79. The molecule has 5 heteroatoms. The van der Waals surface area contributed by atoms with Gasteiger partial charge in [0.05, 0.1) is 18.6 Å². The first kappa shape index (κ1) is 13.7. The molecule has 0 aliphatic rings. The van der Waals surface area contributed by atoms with Crippen molar-refractivity contribution in [1.29, 1.82) is 0 Å². The second-order valence-electron chi connectivity index (χ2n) is 4.45. The van der Waals surface area contributed by atoms with Crippen molar-refractivity contribution < 1.29 is 8.78 Å². The van der Waals surface area contributed by atoms with E-state index in [0.717, 1.165) is 24.7 Å². The average Bonchev–Trinajstić information content (AvgIpc) is 2.81. The lowest BCUT2D eigenvalue weighted by Gasteiger charge is -2.04. The Bertz CT molecular complexity index is 537. The Labute approximate surface area is 111 Å². The topological polar surface area (TPSA) is 29.9 Å². The summed E-state index contributed by atoms with van der Waals surface area (Å²) in [7, 11) is 0. The standard InChI is InChI=1S/C14H17F2N3/c1-2-5-17-7-13-9-19(10-18-13)8-11-3-4-12(15)6-14(11)16/h3-4,6,9-10,17H,2,5,7-8H2,1H3. The zero-order chi connectivity index (χ0) is 13.7. The van der Waals surface area contributed by atoms with Gasteiger partial charge in [-0.2, -0.15) is 0 Å². The van der Waals surface area contributed by atoms with Gasteiger partial charge >= 0.3 is 0 Å². The molecule has 0 aliphatic carbocycles. The van der Waals surface area contributed by atoms with Gasteiger partial charge in [-0.25, -0.2) is 13.8 Å². The summed E-state index contributed by atoms with van der Waals surface area (Å²) in [6, 6.07) is 3.62. The van der Waals surface area contributed by atoms with Crippen molar-refractivity contribution in [2.45, 2.75) is 26.4 Å². The Balaban J connectivity index is 1.99. The number of nitrogens with one attached hydrogen (secondary N) is 1. The van der Waals surface area contributed by atoms with Crippen LogP contribution in [0.2, 0.25) is 0 Å². The maximum absolute atomic E-state index is 13.5. The molecule has 2 rings (SSSR count). The number of halogens is 2. The first-order valence-corrected chi connectivity index (χ1v) is 6.34. The zero-order valence-corrected chi connectivity index (χ0v) is 10.9.